The van der Waals surface area contributed by atoms with Crippen molar-refractivity contribution < 1.29 is 13.2 Å². The van der Waals surface area contributed by atoms with Crippen LogP contribution in [0.25, 0.3) is 0 Å². The standard InChI is InChI=1S/C11H16BrNO3S2/c1-11(2)8-13(7-9(6-12)16-11)18(14,15)10-4-3-5-17-10/h3-5,9H,6-8H2,1-2H3. The van der Waals surface area contributed by atoms with Crippen molar-refractivity contribution in [1.29, 1.82) is 0 Å². The monoisotopic (exact) mass is 353 g/mol. The summed E-state index contributed by atoms with van der Waals surface area (Å²) in [6.07, 6.45) is -0.108. The molecule has 0 aliphatic carbocycles. The van der Waals surface area contributed by atoms with E-state index < -0.39 is 15.6 Å². The Hall–Kier alpha value is 0.0500. The molecule has 0 bridgehead atoms. The van der Waals surface area contributed by atoms with Crippen LogP contribution < -0.4 is 0 Å². The third kappa shape index (κ3) is 2.96. The van der Waals surface area contributed by atoms with E-state index in [0.717, 1.165) is 0 Å². The lowest BCUT2D eigenvalue weighted by Gasteiger charge is -2.41. The second-order valence-corrected chi connectivity index (χ2v) is 8.64. The molecule has 4 nitrogen and oxygen atoms in total. The maximum Gasteiger partial charge on any atom is 0.252 e. The van der Waals surface area contributed by atoms with Gasteiger partial charge in [0, 0.05) is 18.4 Å². The number of alkyl halides is 1. The van der Waals surface area contributed by atoms with E-state index in [4.69, 9.17) is 4.74 Å². The minimum Gasteiger partial charge on any atom is -0.369 e. The van der Waals surface area contributed by atoms with Crippen molar-refractivity contribution in [1.82, 2.24) is 4.31 Å². The molecule has 18 heavy (non-hydrogen) atoms. The Balaban J connectivity index is 2.28. The van der Waals surface area contributed by atoms with E-state index in [-0.39, 0.29) is 6.10 Å². The maximum absolute atomic E-state index is 12.5. The summed E-state index contributed by atoms with van der Waals surface area (Å²) < 4.78 is 32.7. The van der Waals surface area contributed by atoms with Crippen molar-refractivity contribution in [2.75, 3.05) is 18.4 Å². The molecule has 7 heteroatoms. The van der Waals surface area contributed by atoms with Gasteiger partial charge in [0.15, 0.2) is 0 Å². The van der Waals surface area contributed by atoms with Gasteiger partial charge in [0.25, 0.3) is 10.0 Å². The molecule has 0 saturated carbocycles. The third-order valence-corrected chi connectivity index (χ3v) is 6.62. The first kappa shape index (κ1) is 14.5. The Morgan fingerprint density at radius 2 is 2.33 bits per heavy atom. The van der Waals surface area contributed by atoms with Crippen molar-refractivity contribution in [2.45, 2.75) is 29.8 Å². The number of halogens is 1. The van der Waals surface area contributed by atoms with Gasteiger partial charge in [-0.2, -0.15) is 4.31 Å². The van der Waals surface area contributed by atoms with Gasteiger partial charge in [0.2, 0.25) is 0 Å². The largest absolute Gasteiger partial charge is 0.369 e. The summed E-state index contributed by atoms with van der Waals surface area (Å²) in [4.78, 5) is 0. The molecule has 0 amide bonds. The second-order valence-electron chi connectivity index (χ2n) is 4.88. The van der Waals surface area contributed by atoms with Crippen molar-refractivity contribution >= 4 is 37.3 Å². The molecule has 2 rings (SSSR count). The van der Waals surface area contributed by atoms with Crippen LogP contribution in [0.2, 0.25) is 0 Å². The first-order valence-electron chi connectivity index (χ1n) is 5.62. The van der Waals surface area contributed by atoms with Crippen LogP contribution in [-0.4, -0.2) is 42.8 Å². The van der Waals surface area contributed by atoms with E-state index in [1.165, 1.54) is 15.6 Å². The zero-order valence-electron chi connectivity index (χ0n) is 10.3. The number of nitrogens with zero attached hydrogens (tertiary/aromatic N) is 1. The first-order valence-corrected chi connectivity index (χ1v) is 9.07. The molecule has 1 fully saturated rings. The Morgan fingerprint density at radius 3 is 2.89 bits per heavy atom. The number of hydrogen-bond acceptors (Lipinski definition) is 4. The molecule has 0 aromatic carbocycles. The van der Waals surface area contributed by atoms with Gasteiger partial charge in [-0.25, -0.2) is 8.42 Å². The number of hydrogen-bond donors (Lipinski definition) is 0. The summed E-state index contributed by atoms with van der Waals surface area (Å²) in [7, 11) is -3.38. The second kappa shape index (κ2) is 5.20. The SMILES string of the molecule is CC1(C)CN(S(=O)(=O)c2cccs2)CC(CBr)O1. The molecular weight excluding hydrogens is 338 g/mol. The molecule has 1 aliphatic heterocycles. The fraction of sp³-hybridized carbons (Fsp3) is 0.636. The van der Waals surface area contributed by atoms with Gasteiger partial charge in [-0.15, -0.1) is 11.3 Å². The fourth-order valence-electron chi connectivity index (χ4n) is 2.04. The van der Waals surface area contributed by atoms with Crippen LogP contribution in [0.3, 0.4) is 0 Å². The first-order chi connectivity index (χ1) is 8.35. The number of rotatable bonds is 3. The van der Waals surface area contributed by atoms with Crippen molar-refractivity contribution in [3.05, 3.63) is 17.5 Å². The highest BCUT2D eigenvalue weighted by Gasteiger charge is 2.39. The zero-order chi connectivity index (χ0) is 13.4. The van der Waals surface area contributed by atoms with E-state index in [9.17, 15) is 8.42 Å². The van der Waals surface area contributed by atoms with Crippen molar-refractivity contribution in [3.63, 3.8) is 0 Å². The summed E-state index contributed by atoms with van der Waals surface area (Å²) >= 11 is 4.61. The highest BCUT2D eigenvalue weighted by molar-refractivity contribution is 9.09. The molecule has 0 N–H and O–H groups in total. The molecule has 1 saturated heterocycles. The number of sulfonamides is 1. The van der Waals surface area contributed by atoms with Gasteiger partial charge in [-0.05, 0) is 25.3 Å². The molecular formula is C11H16BrNO3S2. The predicted octanol–water partition coefficient (Wildman–Crippen LogP) is 2.31. The van der Waals surface area contributed by atoms with Gasteiger partial charge in [0.05, 0.1) is 11.7 Å². The molecule has 1 aromatic heterocycles. The number of morpholine rings is 1. The summed E-state index contributed by atoms with van der Waals surface area (Å²) in [6, 6.07) is 3.40. The summed E-state index contributed by atoms with van der Waals surface area (Å²) in [5.41, 5.74) is -0.457. The number of ether oxygens (including phenoxy) is 1. The quantitative estimate of drug-likeness (QED) is 0.783. The maximum atomic E-state index is 12.5. The Bertz CT molecular complexity index is 498. The molecule has 1 atom stereocenters. The summed E-state index contributed by atoms with van der Waals surface area (Å²) in [5, 5.41) is 2.41. The van der Waals surface area contributed by atoms with Crippen LogP contribution in [0, 0.1) is 0 Å². The summed E-state index contributed by atoms with van der Waals surface area (Å²) in [6.45, 7) is 4.61. The lowest BCUT2D eigenvalue weighted by atomic mass is 10.1. The van der Waals surface area contributed by atoms with Crippen molar-refractivity contribution in [3.8, 4) is 0 Å². The smallest absolute Gasteiger partial charge is 0.252 e. The summed E-state index contributed by atoms with van der Waals surface area (Å²) in [5.74, 6) is 0. The van der Waals surface area contributed by atoms with Gasteiger partial charge in [-0.1, -0.05) is 22.0 Å². The van der Waals surface area contributed by atoms with E-state index >= 15 is 0 Å². The Labute approximate surface area is 120 Å². The molecule has 1 aliphatic rings. The molecule has 1 aromatic rings. The predicted molar refractivity (Wildman–Crippen MR) is 75.8 cm³/mol. The number of thiophene rings is 1. The van der Waals surface area contributed by atoms with Crippen LogP contribution in [0.4, 0.5) is 0 Å². The van der Waals surface area contributed by atoms with Gasteiger partial charge in [-0.3, -0.25) is 0 Å². The topological polar surface area (TPSA) is 46.6 Å². The molecule has 102 valence electrons. The van der Waals surface area contributed by atoms with Crippen LogP contribution >= 0.6 is 27.3 Å². The lowest BCUT2D eigenvalue weighted by Crippen LogP contribution is -2.54. The van der Waals surface area contributed by atoms with Crippen LogP contribution in [0.1, 0.15) is 13.8 Å². The van der Waals surface area contributed by atoms with Gasteiger partial charge in [0.1, 0.15) is 4.21 Å². The van der Waals surface area contributed by atoms with E-state index in [1.54, 1.807) is 17.5 Å². The molecule has 0 radical (unpaired) electrons. The lowest BCUT2D eigenvalue weighted by molar-refractivity contribution is -0.106. The molecule has 2 heterocycles. The zero-order valence-corrected chi connectivity index (χ0v) is 13.5. The van der Waals surface area contributed by atoms with E-state index in [0.29, 0.717) is 22.6 Å². The Kier molecular flexibility index (Phi) is 4.18. The molecule has 1 unspecified atom stereocenters. The van der Waals surface area contributed by atoms with Crippen LogP contribution in [-0.2, 0) is 14.8 Å². The highest BCUT2D eigenvalue weighted by atomic mass is 79.9. The minimum atomic E-state index is -3.38. The fourth-order valence-corrected chi connectivity index (χ4v) is 5.15. The Morgan fingerprint density at radius 1 is 1.61 bits per heavy atom. The van der Waals surface area contributed by atoms with Crippen LogP contribution in [0.5, 0.6) is 0 Å². The average molecular weight is 354 g/mol. The third-order valence-electron chi connectivity index (χ3n) is 2.71. The van der Waals surface area contributed by atoms with Crippen molar-refractivity contribution in [2.24, 2.45) is 0 Å². The highest BCUT2D eigenvalue weighted by Crippen LogP contribution is 2.28. The van der Waals surface area contributed by atoms with Gasteiger partial charge < -0.3 is 4.74 Å². The van der Waals surface area contributed by atoms with Gasteiger partial charge >= 0.3 is 0 Å². The van der Waals surface area contributed by atoms with E-state index in [2.05, 4.69) is 15.9 Å². The van der Waals surface area contributed by atoms with Crippen LogP contribution in [0.15, 0.2) is 21.7 Å². The molecule has 0 spiro atoms. The average Bonchev–Trinajstić information content (AvgIpc) is 2.80. The normalized spacial score (nSPS) is 25.2. The minimum absolute atomic E-state index is 0.108. The van der Waals surface area contributed by atoms with E-state index in [1.807, 2.05) is 13.8 Å².